The zero-order valence-corrected chi connectivity index (χ0v) is 16.0. The second kappa shape index (κ2) is 16.5. The van der Waals surface area contributed by atoms with Crippen molar-refractivity contribution in [1.82, 2.24) is 0 Å². The fourth-order valence-electron chi connectivity index (χ4n) is 2.56. The van der Waals surface area contributed by atoms with Crippen molar-refractivity contribution in [2.45, 2.75) is 89.6 Å². The molecule has 0 rings (SSSR count). The van der Waals surface area contributed by atoms with E-state index in [1.54, 1.807) is 0 Å². The monoisotopic (exact) mass is 354 g/mol. The summed E-state index contributed by atoms with van der Waals surface area (Å²) >= 11 is 0. The molecule has 4 nitrogen and oxygen atoms in total. The molecule has 0 aromatic heterocycles. The minimum Gasteiger partial charge on any atom is -0.393 e. The minimum atomic E-state index is -1.96. The van der Waals surface area contributed by atoms with Crippen molar-refractivity contribution < 1.29 is 20.1 Å². The number of ketones is 1. The van der Waals surface area contributed by atoms with Gasteiger partial charge in [0.25, 0.3) is 0 Å². The third-order valence-corrected chi connectivity index (χ3v) is 4.40. The average Bonchev–Trinajstić information content (AvgIpc) is 2.63. The van der Waals surface area contributed by atoms with Crippen LogP contribution in [-0.4, -0.2) is 39.9 Å². The van der Waals surface area contributed by atoms with Gasteiger partial charge >= 0.3 is 0 Å². The molecule has 146 valence electrons. The number of hydrogen-bond donors (Lipinski definition) is 3. The van der Waals surface area contributed by atoms with E-state index in [0.717, 1.165) is 38.5 Å². The molecule has 4 heteroatoms. The number of carbonyl (C=O) groups excluding carboxylic acids is 1. The quantitative estimate of drug-likeness (QED) is 0.272. The molecule has 0 saturated carbocycles. The smallest absolute Gasteiger partial charge is 0.169 e. The molecule has 0 amide bonds. The lowest BCUT2D eigenvalue weighted by Gasteiger charge is -2.21. The highest BCUT2D eigenvalue weighted by molar-refractivity contribution is 5.87. The molecule has 0 bridgehead atoms. The fourth-order valence-corrected chi connectivity index (χ4v) is 2.56. The van der Waals surface area contributed by atoms with Crippen LogP contribution in [0.5, 0.6) is 0 Å². The molecular formula is C21H38O4. The predicted octanol–water partition coefficient (Wildman–Crippen LogP) is 4.08. The predicted molar refractivity (Wildman–Crippen MR) is 103 cm³/mol. The van der Waals surface area contributed by atoms with Crippen molar-refractivity contribution >= 4 is 5.78 Å². The van der Waals surface area contributed by atoms with Gasteiger partial charge in [-0.15, -0.1) is 0 Å². The molecule has 0 heterocycles. The van der Waals surface area contributed by atoms with E-state index in [1.165, 1.54) is 25.7 Å². The van der Waals surface area contributed by atoms with E-state index in [9.17, 15) is 9.90 Å². The van der Waals surface area contributed by atoms with Crippen LogP contribution in [0.4, 0.5) is 0 Å². The Labute approximate surface area is 153 Å². The molecule has 3 N–H and O–H groups in total. The van der Waals surface area contributed by atoms with Crippen molar-refractivity contribution in [3.05, 3.63) is 24.3 Å². The summed E-state index contributed by atoms with van der Waals surface area (Å²) in [6, 6.07) is 0. The second-order valence-corrected chi connectivity index (χ2v) is 6.75. The molecule has 0 aliphatic carbocycles. The van der Waals surface area contributed by atoms with Gasteiger partial charge in [-0.25, -0.2) is 0 Å². The Bertz CT molecular complexity index is 370. The first-order chi connectivity index (χ1) is 12.1. The summed E-state index contributed by atoms with van der Waals surface area (Å²) in [4.78, 5) is 11.7. The van der Waals surface area contributed by atoms with Crippen LogP contribution >= 0.6 is 0 Å². The van der Waals surface area contributed by atoms with E-state index in [0.29, 0.717) is 6.42 Å². The van der Waals surface area contributed by atoms with Gasteiger partial charge in [0.1, 0.15) is 0 Å². The maximum atomic E-state index is 11.7. The summed E-state index contributed by atoms with van der Waals surface area (Å²) in [5.41, 5.74) is -1.96. The lowest BCUT2D eigenvalue weighted by atomic mass is 9.95. The maximum Gasteiger partial charge on any atom is 0.169 e. The maximum absolute atomic E-state index is 11.7. The van der Waals surface area contributed by atoms with Gasteiger partial charge in [0.15, 0.2) is 11.4 Å². The van der Waals surface area contributed by atoms with Crippen LogP contribution in [0.1, 0.15) is 84.0 Å². The lowest BCUT2D eigenvalue weighted by Crippen LogP contribution is -2.45. The Morgan fingerprint density at radius 1 is 0.800 bits per heavy atom. The molecule has 0 aromatic carbocycles. The topological polar surface area (TPSA) is 77.8 Å². The van der Waals surface area contributed by atoms with Crippen molar-refractivity contribution in [3.8, 4) is 0 Å². The number of aliphatic hydroxyl groups is 3. The summed E-state index contributed by atoms with van der Waals surface area (Å²) in [5, 5.41) is 27.5. The summed E-state index contributed by atoms with van der Waals surface area (Å²) in [6.07, 6.45) is 21.4. The number of Topliss-reactive ketones (excluding diaryl/α,β-unsaturated/α-hetero) is 1. The van der Waals surface area contributed by atoms with Gasteiger partial charge in [0, 0.05) is 6.42 Å². The van der Waals surface area contributed by atoms with Crippen LogP contribution in [0.3, 0.4) is 0 Å². The minimum absolute atomic E-state index is 0.210. The standard InChI is InChI=1S/C21H38O4/c1-2-3-4-5-6-7-8-9-10-11-12-13-14-15-16-17-20(24)21(25,18-22)19-23/h6-7,9-10,22-23,25H,2-5,8,11-19H2,1H3. The van der Waals surface area contributed by atoms with E-state index in [4.69, 9.17) is 10.2 Å². The fraction of sp³-hybridized carbons (Fsp3) is 0.762. The molecule has 0 fully saturated rings. The molecule has 0 aliphatic rings. The van der Waals surface area contributed by atoms with E-state index in [2.05, 4.69) is 31.2 Å². The number of carbonyl (C=O) groups is 1. The molecule has 0 unspecified atom stereocenters. The zero-order chi connectivity index (χ0) is 18.8. The molecule has 0 saturated heterocycles. The Kier molecular flexibility index (Phi) is 15.9. The number of hydrogen-bond acceptors (Lipinski definition) is 4. The molecular weight excluding hydrogens is 316 g/mol. The first-order valence-corrected chi connectivity index (χ1v) is 9.88. The highest BCUT2D eigenvalue weighted by Gasteiger charge is 2.33. The van der Waals surface area contributed by atoms with Crippen LogP contribution in [0.25, 0.3) is 0 Å². The average molecular weight is 355 g/mol. The second-order valence-electron chi connectivity index (χ2n) is 6.75. The van der Waals surface area contributed by atoms with Gasteiger partial charge in [-0.1, -0.05) is 63.3 Å². The Balaban J connectivity index is 3.47. The van der Waals surface area contributed by atoms with Gasteiger partial charge < -0.3 is 15.3 Å². The summed E-state index contributed by atoms with van der Waals surface area (Å²) in [7, 11) is 0. The highest BCUT2D eigenvalue weighted by Crippen LogP contribution is 2.13. The number of unbranched alkanes of at least 4 members (excludes halogenated alkanes) is 8. The van der Waals surface area contributed by atoms with Gasteiger partial charge in [0.05, 0.1) is 13.2 Å². The van der Waals surface area contributed by atoms with E-state index < -0.39 is 24.6 Å². The number of aliphatic hydroxyl groups excluding tert-OH is 2. The third-order valence-electron chi connectivity index (χ3n) is 4.40. The van der Waals surface area contributed by atoms with Crippen molar-refractivity contribution in [2.75, 3.05) is 13.2 Å². The molecule has 25 heavy (non-hydrogen) atoms. The van der Waals surface area contributed by atoms with Gasteiger partial charge in [-0.05, 0) is 38.5 Å². The van der Waals surface area contributed by atoms with Gasteiger partial charge in [-0.3, -0.25) is 4.79 Å². The summed E-state index contributed by atoms with van der Waals surface area (Å²) in [5.74, 6) is -0.469. The van der Waals surface area contributed by atoms with Crippen LogP contribution in [0.15, 0.2) is 24.3 Å². The molecule has 0 aliphatic heterocycles. The zero-order valence-electron chi connectivity index (χ0n) is 16.0. The first kappa shape index (κ1) is 24.0. The van der Waals surface area contributed by atoms with Gasteiger partial charge in [-0.2, -0.15) is 0 Å². The van der Waals surface area contributed by atoms with Crippen molar-refractivity contribution in [2.24, 2.45) is 0 Å². The Hall–Kier alpha value is -0.970. The number of allylic oxidation sites excluding steroid dienone is 4. The van der Waals surface area contributed by atoms with E-state index >= 15 is 0 Å². The van der Waals surface area contributed by atoms with Crippen molar-refractivity contribution in [1.29, 1.82) is 0 Å². The van der Waals surface area contributed by atoms with Crippen LogP contribution in [0.2, 0.25) is 0 Å². The van der Waals surface area contributed by atoms with E-state index in [1.807, 2.05) is 0 Å². The van der Waals surface area contributed by atoms with Crippen molar-refractivity contribution in [3.63, 3.8) is 0 Å². The molecule has 0 aromatic rings. The highest BCUT2D eigenvalue weighted by atomic mass is 16.4. The number of rotatable bonds is 17. The lowest BCUT2D eigenvalue weighted by molar-refractivity contribution is -0.146. The van der Waals surface area contributed by atoms with E-state index in [-0.39, 0.29) is 6.42 Å². The summed E-state index contributed by atoms with van der Waals surface area (Å²) < 4.78 is 0. The van der Waals surface area contributed by atoms with Crippen LogP contribution in [-0.2, 0) is 4.79 Å². The summed E-state index contributed by atoms with van der Waals surface area (Å²) in [6.45, 7) is 0.783. The molecule has 0 spiro atoms. The Morgan fingerprint density at radius 3 is 1.88 bits per heavy atom. The molecule has 0 atom stereocenters. The molecule has 0 radical (unpaired) electrons. The third kappa shape index (κ3) is 13.0. The largest absolute Gasteiger partial charge is 0.393 e. The first-order valence-electron chi connectivity index (χ1n) is 9.88. The van der Waals surface area contributed by atoms with Gasteiger partial charge in [0.2, 0.25) is 0 Å². The SMILES string of the molecule is CCCCCC=CCC=CCCCCCCCC(=O)C(O)(CO)CO. The van der Waals surface area contributed by atoms with Crippen LogP contribution in [0, 0.1) is 0 Å². The van der Waals surface area contributed by atoms with Crippen LogP contribution < -0.4 is 0 Å². The normalized spacial score (nSPS) is 12.5. The Morgan fingerprint density at radius 2 is 1.32 bits per heavy atom.